The van der Waals surface area contributed by atoms with Gasteiger partial charge in [-0.05, 0) is 44.0 Å². The van der Waals surface area contributed by atoms with Crippen LogP contribution in [0.4, 0.5) is 5.69 Å². The predicted octanol–water partition coefficient (Wildman–Crippen LogP) is 5.11. The summed E-state index contributed by atoms with van der Waals surface area (Å²) in [6, 6.07) is 26.8. The summed E-state index contributed by atoms with van der Waals surface area (Å²) in [6.45, 7) is 5.37. The van der Waals surface area contributed by atoms with Gasteiger partial charge in [-0.2, -0.15) is 5.10 Å². The van der Waals surface area contributed by atoms with E-state index >= 15 is 0 Å². The lowest BCUT2D eigenvalue weighted by Gasteiger charge is -2.17. The van der Waals surface area contributed by atoms with E-state index < -0.39 is 17.8 Å². The standard InChI is InChI=1S/C28H27N3O3/c1-19-14-16-24(17-15-19)31-21(3)27(20(2)30-31)29-25(32)18-34-28(33)26(22-10-6-4-7-11-22)23-12-8-5-9-13-23/h4-17,26H,18H2,1-3H3,(H,29,32). The molecule has 0 aliphatic heterocycles. The molecular formula is C28H27N3O3. The number of carbonyl (C=O) groups is 2. The summed E-state index contributed by atoms with van der Waals surface area (Å²) in [5.41, 5.74) is 5.79. The summed E-state index contributed by atoms with van der Waals surface area (Å²) < 4.78 is 7.24. The first kappa shape index (κ1) is 23.0. The van der Waals surface area contributed by atoms with Crippen molar-refractivity contribution in [1.82, 2.24) is 9.78 Å². The number of amides is 1. The number of hydrogen-bond acceptors (Lipinski definition) is 4. The number of aromatic nitrogens is 2. The van der Waals surface area contributed by atoms with Crippen molar-refractivity contribution in [2.75, 3.05) is 11.9 Å². The number of rotatable bonds is 7. The zero-order valence-corrected chi connectivity index (χ0v) is 19.5. The van der Waals surface area contributed by atoms with E-state index in [1.54, 1.807) is 4.68 Å². The highest BCUT2D eigenvalue weighted by molar-refractivity contribution is 5.94. The van der Waals surface area contributed by atoms with Crippen LogP contribution in [-0.2, 0) is 14.3 Å². The minimum atomic E-state index is -0.608. The Kier molecular flexibility index (Phi) is 6.87. The summed E-state index contributed by atoms with van der Waals surface area (Å²) in [5, 5.41) is 7.41. The molecule has 1 N–H and O–H groups in total. The van der Waals surface area contributed by atoms with Gasteiger partial charge >= 0.3 is 5.97 Å². The van der Waals surface area contributed by atoms with Crippen molar-refractivity contribution < 1.29 is 14.3 Å². The van der Waals surface area contributed by atoms with Crippen molar-refractivity contribution >= 4 is 17.6 Å². The van der Waals surface area contributed by atoms with Gasteiger partial charge in [-0.15, -0.1) is 0 Å². The molecule has 0 saturated heterocycles. The summed E-state index contributed by atoms with van der Waals surface area (Å²) in [4.78, 5) is 25.7. The van der Waals surface area contributed by atoms with Crippen LogP contribution in [0.15, 0.2) is 84.9 Å². The third kappa shape index (κ3) is 5.07. The second kappa shape index (κ2) is 10.2. The summed E-state index contributed by atoms with van der Waals surface area (Å²) in [5.74, 6) is -1.50. The highest BCUT2D eigenvalue weighted by Gasteiger charge is 2.25. The molecule has 0 atom stereocenters. The van der Waals surface area contributed by atoms with Crippen molar-refractivity contribution in [2.45, 2.75) is 26.7 Å². The molecule has 0 aliphatic rings. The number of nitrogens with one attached hydrogen (secondary N) is 1. The lowest BCUT2D eigenvalue weighted by atomic mass is 9.91. The van der Waals surface area contributed by atoms with Crippen LogP contribution in [0.5, 0.6) is 0 Å². The molecule has 0 radical (unpaired) electrons. The zero-order chi connectivity index (χ0) is 24.1. The zero-order valence-electron chi connectivity index (χ0n) is 19.5. The van der Waals surface area contributed by atoms with Gasteiger partial charge in [0.25, 0.3) is 5.91 Å². The van der Waals surface area contributed by atoms with E-state index in [0.717, 1.165) is 28.1 Å². The Hall–Kier alpha value is -4.19. The Morgan fingerprint density at radius 1 is 0.853 bits per heavy atom. The van der Waals surface area contributed by atoms with Crippen LogP contribution < -0.4 is 5.32 Å². The SMILES string of the molecule is Cc1ccc(-n2nc(C)c(NC(=O)COC(=O)C(c3ccccc3)c3ccccc3)c2C)cc1. The smallest absolute Gasteiger partial charge is 0.318 e. The lowest BCUT2D eigenvalue weighted by Crippen LogP contribution is -2.25. The molecule has 0 unspecified atom stereocenters. The average Bonchev–Trinajstić information content (AvgIpc) is 3.13. The minimum Gasteiger partial charge on any atom is -0.455 e. The van der Waals surface area contributed by atoms with E-state index in [0.29, 0.717) is 11.4 Å². The van der Waals surface area contributed by atoms with Crippen LogP contribution in [0, 0.1) is 20.8 Å². The summed E-state index contributed by atoms with van der Waals surface area (Å²) in [7, 11) is 0. The van der Waals surface area contributed by atoms with Crippen LogP contribution in [0.25, 0.3) is 5.69 Å². The van der Waals surface area contributed by atoms with Crippen LogP contribution in [-0.4, -0.2) is 28.3 Å². The Labute approximate surface area is 199 Å². The van der Waals surface area contributed by atoms with E-state index in [2.05, 4.69) is 10.4 Å². The maximum Gasteiger partial charge on any atom is 0.318 e. The molecule has 1 aromatic heterocycles. The van der Waals surface area contributed by atoms with Gasteiger partial charge in [-0.1, -0.05) is 78.4 Å². The molecule has 4 aromatic rings. The van der Waals surface area contributed by atoms with Gasteiger partial charge in [-0.25, -0.2) is 4.68 Å². The van der Waals surface area contributed by atoms with E-state index in [1.165, 1.54) is 0 Å². The lowest BCUT2D eigenvalue weighted by molar-refractivity contribution is -0.147. The van der Waals surface area contributed by atoms with Gasteiger partial charge in [0, 0.05) is 0 Å². The maximum absolute atomic E-state index is 13.0. The van der Waals surface area contributed by atoms with E-state index in [4.69, 9.17) is 4.74 Å². The highest BCUT2D eigenvalue weighted by atomic mass is 16.5. The number of esters is 1. The molecule has 34 heavy (non-hydrogen) atoms. The quantitative estimate of drug-likeness (QED) is 0.395. The van der Waals surface area contributed by atoms with Gasteiger partial charge in [0.1, 0.15) is 5.92 Å². The summed E-state index contributed by atoms with van der Waals surface area (Å²) >= 11 is 0. The largest absolute Gasteiger partial charge is 0.455 e. The Morgan fingerprint density at radius 3 is 1.97 bits per heavy atom. The van der Waals surface area contributed by atoms with Crippen molar-refractivity contribution in [3.05, 3.63) is 113 Å². The molecule has 0 aliphatic carbocycles. The number of benzene rings is 3. The third-order valence-corrected chi connectivity index (χ3v) is 5.68. The van der Waals surface area contributed by atoms with E-state index in [1.807, 2.05) is 106 Å². The molecule has 172 valence electrons. The van der Waals surface area contributed by atoms with Gasteiger partial charge < -0.3 is 10.1 Å². The molecular weight excluding hydrogens is 426 g/mol. The first-order valence-electron chi connectivity index (χ1n) is 11.1. The molecule has 1 heterocycles. The van der Waals surface area contributed by atoms with Gasteiger partial charge in [0.05, 0.1) is 22.8 Å². The molecule has 3 aromatic carbocycles. The molecule has 4 rings (SSSR count). The van der Waals surface area contributed by atoms with Gasteiger partial charge in [0.2, 0.25) is 0 Å². The van der Waals surface area contributed by atoms with E-state index in [-0.39, 0.29) is 6.61 Å². The molecule has 0 spiro atoms. The monoisotopic (exact) mass is 453 g/mol. The number of ether oxygens (including phenoxy) is 1. The number of hydrogen-bond donors (Lipinski definition) is 1. The van der Waals surface area contributed by atoms with Crippen molar-refractivity contribution in [3.8, 4) is 5.69 Å². The number of nitrogens with zero attached hydrogens (tertiary/aromatic N) is 2. The average molecular weight is 454 g/mol. The Balaban J connectivity index is 1.46. The predicted molar refractivity (Wildman–Crippen MR) is 132 cm³/mol. The second-order valence-electron chi connectivity index (χ2n) is 8.20. The Bertz CT molecular complexity index is 1240. The molecule has 0 fully saturated rings. The summed E-state index contributed by atoms with van der Waals surface area (Å²) in [6.07, 6.45) is 0. The van der Waals surface area contributed by atoms with Crippen molar-refractivity contribution in [3.63, 3.8) is 0 Å². The fourth-order valence-corrected chi connectivity index (χ4v) is 3.91. The van der Waals surface area contributed by atoms with Crippen molar-refractivity contribution in [2.24, 2.45) is 0 Å². The third-order valence-electron chi connectivity index (χ3n) is 5.68. The number of aryl methyl sites for hydroxylation is 2. The van der Waals surface area contributed by atoms with Crippen LogP contribution in [0.2, 0.25) is 0 Å². The van der Waals surface area contributed by atoms with Crippen LogP contribution >= 0.6 is 0 Å². The van der Waals surface area contributed by atoms with Crippen LogP contribution in [0.3, 0.4) is 0 Å². The second-order valence-corrected chi connectivity index (χ2v) is 8.20. The Morgan fingerprint density at radius 2 is 1.41 bits per heavy atom. The van der Waals surface area contributed by atoms with E-state index in [9.17, 15) is 9.59 Å². The maximum atomic E-state index is 13.0. The number of carbonyl (C=O) groups excluding carboxylic acids is 2. The molecule has 6 heteroatoms. The number of anilines is 1. The molecule has 1 amide bonds. The first-order chi connectivity index (χ1) is 16.4. The first-order valence-corrected chi connectivity index (χ1v) is 11.1. The normalized spacial score (nSPS) is 10.8. The molecule has 6 nitrogen and oxygen atoms in total. The van der Waals surface area contributed by atoms with Crippen LogP contribution in [0.1, 0.15) is 34.0 Å². The van der Waals surface area contributed by atoms with Gasteiger partial charge in [0.15, 0.2) is 6.61 Å². The minimum absolute atomic E-state index is 0.385. The van der Waals surface area contributed by atoms with Gasteiger partial charge in [-0.3, -0.25) is 9.59 Å². The van der Waals surface area contributed by atoms with Crippen molar-refractivity contribution in [1.29, 1.82) is 0 Å². The fraction of sp³-hybridized carbons (Fsp3) is 0.179. The molecule has 0 bridgehead atoms. The molecule has 0 saturated carbocycles. The topological polar surface area (TPSA) is 73.2 Å². The highest BCUT2D eigenvalue weighted by Crippen LogP contribution is 2.26. The fourth-order valence-electron chi connectivity index (χ4n) is 3.91.